The van der Waals surface area contributed by atoms with Crippen molar-refractivity contribution in [1.82, 2.24) is 4.90 Å². The third-order valence-corrected chi connectivity index (χ3v) is 5.24. The maximum absolute atomic E-state index is 14.0. The molecule has 2 fully saturated rings. The number of hydrogen-bond acceptors (Lipinski definition) is 3. The average Bonchev–Trinajstić information content (AvgIpc) is 2.98. The lowest BCUT2D eigenvalue weighted by Crippen LogP contribution is -2.42. The molecule has 0 spiro atoms. The SMILES string of the molecule is N#Cc1ccc(F)c(CN2CCC[C@@H]2[C@H]2CCCC[C@@H]2O)c1. The molecule has 0 aromatic heterocycles. The third-order valence-electron chi connectivity index (χ3n) is 5.24. The number of halogens is 1. The molecule has 0 unspecified atom stereocenters. The number of aliphatic hydroxyl groups is 1. The van der Waals surface area contributed by atoms with Gasteiger partial charge < -0.3 is 5.11 Å². The van der Waals surface area contributed by atoms with E-state index >= 15 is 0 Å². The van der Waals surface area contributed by atoms with E-state index in [0.29, 0.717) is 29.6 Å². The second-order valence-corrected chi connectivity index (χ2v) is 6.61. The van der Waals surface area contributed by atoms with E-state index in [0.717, 1.165) is 38.6 Å². The van der Waals surface area contributed by atoms with Gasteiger partial charge in [-0.15, -0.1) is 0 Å². The molecule has 0 amide bonds. The standard InChI is InChI=1S/C18H23FN2O/c19-16-8-7-13(11-20)10-14(16)12-21-9-3-5-17(21)15-4-1-2-6-18(15)22/h7-8,10,15,17-18,22H,1-6,9,12H2/t15-,17-,18+/m1/s1. The Morgan fingerprint density at radius 1 is 1.23 bits per heavy atom. The summed E-state index contributed by atoms with van der Waals surface area (Å²) in [6.07, 6.45) is 6.24. The van der Waals surface area contributed by atoms with E-state index in [4.69, 9.17) is 5.26 Å². The van der Waals surface area contributed by atoms with Gasteiger partial charge in [-0.2, -0.15) is 5.26 Å². The molecular weight excluding hydrogens is 279 g/mol. The molecule has 4 heteroatoms. The van der Waals surface area contributed by atoms with Gasteiger partial charge in [-0.05, 0) is 50.4 Å². The van der Waals surface area contributed by atoms with Gasteiger partial charge >= 0.3 is 0 Å². The normalized spacial score (nSPS) is 29.4. The Labute approximate surface area is 131 Å². The highest BCUT2D eigenvalue weighted by Crippen LogP contribution is 2.35. The molecule has 1 aliphatic heterocycles. The van der Waals surface area contributed by atoms with E-state index in [1.807, 2.05) is 0 Å². The minimum Gasteiger partial charge on any atom is -0.393 e. The average molecular weight is 302 g/mol. The highest BCUT2D eigenvalue weighted by molar-refractivity contribution is 5.33. The Morgan fingerprint density at radius 3 is 2.82 bits per heavy atom. The van der Waals surface area contributed by atoms with E-state index < -0.39 is 0 Å². The molecule has 1 aliphatic carbocycles. The fourth-order valence-corrected chi connectivity index (χ4v) is 4.11. The summed E-state index contributed by atoms with van der Waals surface area (Å²) in [6, 6.07) is 6.98. The molecule has 1 aromatic carbocycles. The van der Waals surface area contributed by atoms with Gasteiger partial charge in [0.2, 0.25) is 0 Å². The molecule has 3 nitrogen and oxygen atoms in total. The first-order valence-corrected chi connectivity index (χ1v) is 8.29. The van der Waals surface area contributed by atoms with Crippen LogP contribution < -0.4 is 0 Å². The lowest BCUT2D eigenvalue weighted by molar-refractivity contribution is 0.0199. The minimum absolute atomic E-state index is 0.213. The highest BCUT2D eigenvalue weighted by atomic mass is 19.1. The summed E-state index contributed by atoms with van der Waals surface area (Å²) in [6.45, 7) is 1.49. The van der Waals surface area contributed by atoms with Crippen LogP contribution in [0.5, 0.6) is 0 Å². The maximum atomic E-state index is 14.0. The summed E-state index contributed by atoms with van der Waals surface area (Å²) < 4.78 is 14.0. The van der Waals surface area contributed by atoms with Crippen molar-refractivity contribution in [3.05, 3.63) is 35.1 Å². The van der Waals surface area contributed by atoms with Crippen LogP contribution in [0.1, 0.15) is 49.7 Å². The van der Waals surface area contributed by atoms with Gasteiger partial charge in [-0.3, -0.25) is 4.90 Å². The predicted molar refractivity (Wildman–Crippen MR) is 82.5 cm³/mol. The fraction of sp³-hybridized carbons (Fsp3) is 0.611. The Hall–Kier alpha value is -1.44. The van der Waals surface area contributed by atoms with Crippen LogP contribution in [0.25, 0.3) is 0 Å². The first-order chi connectivity index (χ1) is 10.7. The van der Waals surface area contributed by atoms with Crippen LogP contribution in [0.3, 0.4) is 0 Å². The van der Waals surface area contributed by atoms with Crippen molar-refractivity contribution in [2.45, 2.75) is 57.2 Å². The van der Waals surface area contributed by atoms with E-state index in [2.05, 4.69) is 11.0 Å². The monoisotopic (exact) mass is 302 g/mol. The maximum Gasteiger partial charge on any atom is 0.127 e. The molecule has 3 rings (SSSR count). The second kappa shape index (κ2) is 6.76. The van der Waals surface area contributed by atoms with Crippen LogP contribution in [-0.2, 0) is 6.54 Å². The Bertz CT molecular complexity index is 569. The molecule has 118 valence electrons. The second-order valence-electron chi connectivity index (χ2n) is 6.61. The number of likely N-dealkylation sites (tertiary alicyclic amines) is 1. The van der Waals surface area contributed by atoms with Crippen molar-refractivity contribution >= 4 is 0 Å². The minimum atomic E-state index is -0.242. The van der Waals surface area contributed by atoms with Gasteiger partial charge in [0.1, 0.15) is 5.82 Å². The zero-order chi connectivity index (χ0) is 15.5. The fourth-order valence-electron chi connectivity index (χ4n) is 4.11. The Morgan fingerprint density at radius 2 is 2.05 bits per heavy atom. The van der Waals surface area contributed by atoms with Crippen LogP contribution in [0, 0.1) is 23.1 Å². The number of aliphatic hydroxyl groups excluding tert-OH is 1. The van der Waals surface area contributed by atoms with Crippen molar-refractivity contribution < 1.29 is 9.50 Å². The largest absolute Gasteiger partial charge is 0.393 e. The van der Waals surface area contributed by atoms with Crippen LogP contribution in [0.4, 0.5) is 4.39 Å². The van der Waals surface area contributed by atoms with Crippen molar-refractivity contribution in [3.8, 4) is 6.07 Å². The van der Waals surface area contributed by atoms with Crippen LogP contribution in [0.2, 0.25) is 0 Å². The van der Waals surface area contributed by atoms with E-state index in [1.165, 1.54) is 18.6 Å². The van der Waals surface area contributed by atoms with Crippen molar-refractivity contribution in [1.29, 1.82) is 5.26 Å². The molecular formula is C18H23FN2O. The van der Waals surface area contributed by atoms with E-state index in [9.17, 15) is 9.50 Å². The molecule has 0 radical (unpaired) electrons. The molecule has 1 aromatic rings. The Balaban J connectivity index is 1.75. The first-order valence-electron chi connectivity index (χ1n) is 8.29. The summed E-state index contributed by atoms with van der Waals surface area (Å²) in [7, 11) is 0. The zero-order valence-corrected chi connectivity index (χ0v) is 12.8. The number of rotatable bonds is 3. The topological polar surface area (TPSA) is 47.3 Å². The first kappa shape index (κ1) is 15.5. The predicted octanol–water partition coefficient (Wildman–Crippen LogP) is 3.21. The van der Waals surface area contributed by atoms with Gasteiger partial charge in [0.25, 0.3) is 0 Å². The molecule has 1 heterocycles. The van der Waals surface area contributed by atoms with Crippen LogP contribution >= 0.6 is 0 Å². The quantitative estimate of drug-likeness (QED) is 0.932. The molecule has 1 saturated carbocycles. The summed E-state index contributed by atoms with van der Waals surface area (Å²) >= 11 is 0. The summed E-state index contributed by atoms with van der Waals surface area (Å²) in [4.78, 5) is 2.30. The number of hydrogen-bond donors (Lipinski definition) is 1. The van der Waals surface area contributed by atoms with Crippen LogP contribution in [-0.4, -0.2) is 28.7 Å². The number of nitrogens with zero attached hydrogens (tertiary/aromatic N) is 2. The smallest absolute Gasteiger partial charge is 0.127 e. The molecule has 3 atom stereocenters. The van der Waals surface area contributed by atoms with Crippen LogP contribution in [0.15, 0.2) is 18.2 Å². The van der Waals surface area contributed by atoms with Crippen molar-refractivity contribution in [3.63, 3.8) is 0 Å². The molecule has 2 aliphatic rings. The number of nitriles is 1. The molecule has 0 bridgehead atoms. The highest BCUT2D eigenvalue weighted by Gasteiger charge is 2.36. The van der Waals surface area contributed by atoms with Gasteiger partial charge in [-0.25, -0.2) is 4.39 Å². The third kappa shape index (κ3) is 3.16. The zero-order valence-electron chi connectivity index (χ0n) is 12.8. The lowest BCUT2D eigenvalue weighted by Gasteiger charge is -2.37. The molecule has 1 saturated heterocycles. The van der Waals surface area contributed by atoms with Crippen molar-refractivity contribution in [2.75, 3.05) is 6.54 Å². The molecule has 22 heavy (non-hydrogen) atoms. The summed E-state index contributed by atoms with van der Waals surface area (Å²) in [5.41, 5.74) is 1.10. The van der Waals surface area contributed by atoms with E-state index in [-0.39, 0.29) is 11.9 Å². The van der Waals surface area contributed by atoms with Gasteiger partial charge in [0.15, 0.2) is 0 Å². The van der Waals surface area contributed by atoms with Gasteiger partial charge in [0, 0.05) is 24.1 Å². The summed E-state index contributed by atoms with van der Waals surface area (Å²) in [5, 5.41) is 19.3. The van der Waals surface area contributed by atoms with Gasteiger partial charge in [-0.1, -0.05) is 12.8 Å². The summed E-state index contributed by atoms with van der Waals surface area (Å²) in [5.74, 6) is 0.0762. The Kier molecular flexibility index (Phi) is 4.75. The molecule has 1 N–H and O–H groups in total. The number of benzene rings is 1. The lowest BCUT2D eigenvalue weighted by atomic mass is 9.80. The van der Waals surface area contributed by atoms with Gasteiger partial charge in [0.05, 0.1) is 17.7 Å². The van der Waals surface area contributed by atoms with Crippen molar-refractivity contribution in [2.24, 2.45) is 5.92 Å². The van der Waals surface area contributed by atoms with E-state index in [1.54, 1.807) is 6.07 Å².